The lowest BCUT2D eigenvalue weighted by molar-refractivity contribution is 0.430. The minimum absolute atomic E-state index is 0.568. The molecule has 1 aromatic rings. The fourth-order valence-electron chi connectivity index (χ4n) is 3.56. The monoisotopic (exact) mass is 322 g/mol. The molecular weight excluding hydrogens is 296 g/mol. The maximum Gasteiger partial charge on any atom is 0.0482 e. The van der Waals surface area contributed by atoms with E-state index in [0.29, 0.717) is 17.2 Å². The van der Waals surface area contributed by atoms with Crippen LogP contribution in [0.25, 0.3) is 0 Å². The van der Waals surface area contributed by atoms with E-state index in [-0.39, 0.29) is 0 Å². The summed E-state index contributed by atoms with van der Waals surface area (Å²) in [6.07, 6.45) is 4.43. The second kappa shape index (κ2) is 6.93. The van der Waals surface area contributed by atoms with E-state index >= 15 is 0 Å². The SMILES string of the molecule is CCNC(C1CSC(C)C(C)S1)C1CCc2cccnc21. The van der Waals surface area contributed by atoms with Gasteiger partial charge in [-0.1, -0.05) is 26.8 Å². The molecule has 1 saturated heterocycles. The van der Waals surface area contributed by atoms with Gasteiger partial charge in [-0.25, -0.2) is 0 Å². The van der Waals surface area contributed by atoms with Gasteiger partial charge in [0.1, 0.15) is 0 Å². The average molecular weight is 323 g/mol. The van der Waals surface area contributed by atoms with Crippen LogP contribution in [-0.4, -0.2) is 39.1 Å². The zero-order valence-electron chi connectivity index (χ0n) is 13.2. The molecule has 4 heteroatoms. The molecule has 2 heterocycles. The van der Waals surface area contributed by atoms with Gasteiger partial charge in [-0.05, 0) is 31.0 Å². The van der Waals surface area contributed by atoms with Crippen LogP contribution in [0.15, 0.2) is 18.3 Å². The third-order valence-electron chi connectivity index (χ3n) is 4.85. The van der Waals surface area contributed by atoms with Crippen LogP contribution in [0.3, 0.4) is 0 Å². The number of nitrogens with one attached hydrogen (secondary N) is 1. The fraction of sp³-hybridized carbons (Fsp3) is 0.706. The number of aromatic nitrogens is 1. The maximum absolute atomic E-state index is 4.72. The minimum Gasteiger partial charge on any atom is -0.312 e. The molecule has 1 fully saturated rings. The van der Waals surface area contributed by atoms with Gasteiger partial charge in [0.25, 0.3) is 0 Å². The Hall–Kier alpha value is -0.190. The number of aryl methyl sites for hydroxylation is 1. The van der Waals surface area contributed by atoms with Crippen LogP contribution in [0.2, 0.25) is 0 Å². The lowest BCUT2D eigenvalue weighted by atomic mass is 9.94. The molecule has 0 saturated carbocycles. The van der Waals surface area contributed by atoms with Gasteiger partial charge in [-0.2, -0.15) is 23.5 Å². The highest BCUT2D eigenvalue weighted by Crippen LogP contribution is 2.43. The molecule has 2 nitrogen and oxygen atoms in total. The standard InChI is InChI=1S/C17H26N2S2/c1-4-18-17(15-10-20-11(2)12(3)21-15)14-8-7-13-6-5-9-19-16(13)14/h5-6,9,11-12,14-15,17-18H,4,7-8,10H2,1-3H3. The van der Waals surface area contributed by atoms with Gasteiger partial charge in [0.15, 0.2) is 0 Å². The van der Waals surface area contributed by atoms with Crippen molar-refractivity contribution in [2.45, 2.75) is 61.3 Å². The van der Waals surface area contributed by atoms with Gasteiger partial charge in [-0.3, -0.25) is 4.98 Å². The summed E-state index contributed by atoms with van der Waals surface area (Å²) in [6.45, 7) is 8.04. The van der Waals surface area contributed by atoms with E-state index in [1.165, 1.54) is 29.9 Å². The highest BCUT2D eigenvalue weighted by Gasteiger charge is 2.38. The Morgan fingerprint density at radius 3 is 3.00 bits per heavy atom. The maximum atomic E-state index is 4.72. The van der Waals surface area contributed by atoms with E-state index in [4.69, 9.17) is 4.98 Å². The van der Waals surface area contributed by atoms with Crippen LogP contribution < -0.4 is 5.32 Å². The molecular formula is C17H26N2S2. The van der Waals surface area contributed by atoms with Crippen molar-refractivity contribution in [1.82, 2.24) is 10.3 Å². The Balaban J connectivity index is 1.79. The van der Waals surface area contributed by atoms with Gasteiger partial charge in [0.05, 0.1) is 0 Å². The smallest absolute Gasteiger partial charge is 0.0482 e. The first kappa shape index (κ1) is 15.7. The van der Waals surface area contributed by atoms with Crippen molar-refractivity contribution >= 4 is 23.5 Å². The largest absolute Gasteiger partial charge is 0.312 e. The van der Waals surface area contributed by atoms with Crippen molar-refractivity contribution in [3.63, 3.8) is 0 Å². The topological polar surface area (TPSA) is 24.9 Å². The second-order valence-electron chi connectivity index (χ2n) is 6.19. The molecule has 1 aliphatic heterocycles. The van der Waals surface area contributed by atoms with Crippen LogP contribution >= 0.6 is 23.5 Å². The molecule has 0 bridgehead atoms. The first-order valence-electron chi connectivity index (χ1n) is 8.15. The molecule has 0 radical (unpaired) electrons. The number of hydrogen-bond acceptors (Lipinski definition) is 4. The summed E-state index contributed by atoms with van der Waals surface area (Å²) in [5.41, 5.74) is 2.83. The molecule has 1 aromatic heterocycles. The van der Waals surface area contributed by atoms with E-state index in [1.807, 2.05) is 6.20 Å². The van der Waals surface area contributed by atoms with Crippen LogP contribution in [0.5, 0.6) is 0 Å². The molecule has 1 aliphatic carbocycles. The zero-order chi connectivity index (χ0) is 14.8. The summed E-state index contributed by atoms with van der Waals surface area (Å²) in [5, 5.41) is 6.03. The van der Waals surface area contributed by atoms with E-state index in [9.17, 15) is 0 Å². The van der Waals surface area contributed by atoms with Crippen LogP contribution in [0.4, 0.5) is 0 Å². The normalized spacial score (nSPS) is 33.7. The Morgan fingerprint density at radius 2 is 2.24 bits per heavy atom. The molecule has 21 heavy (non-hydrogen) atoms. The molecule has 3 rings (SSSR count). The molecule has 5 atom stereocenters. The molecule has 0 amide bonds. The highest BCUT2D eigenvalue weighted by atomic mass is 32.2. The Labute approximate surface area is 137 Å². The number of fused-ring (bicyclic) bond motifs is 1. The van der Waals surface area contributed by atoms with Gasteiger partial charge < -0.3 is 5.32 Å². The number of nitrogens with zero attached hydrogens (tertiary/aromatic N) is 1. The Bertz CT molecular complexity index is 480. The van der Waals surface area contributed by atoms with E-state index in [2.05, 4.69) is 61.7 Å². The summed E-state index contributed by atoms with van der Waals surface area (Å²) < 4.78 is 0. The van der Waals surface area contributed by atoms with Crippen molar-refractivity contribution in [2.24, 2.45) is 0 Å². The second-order valence-corrected chi connectivity index (χ2v) is 9.23. The quantitative estimate of drug-likeness (QED) is 0.913. The molecule has 0 aromatic carbocycles. The van der Waals surface area contributed by atoms with Crippen LogP contribution in [0.1, 0.15) is 44.4 Å². The fourth-order valence-corrected chi connectivity index (χ4v) is 6.74. The predicted molar refractivity (Wildman–Crippen MR) is 95.5 cm³/mol. The average Bonchev–Trinajstić information content (AvgIpc) is 2.92. The number of pyridine rings is 1. The lowest BCUT2D eigenvalue weighted by Gasteiger charge is -2.38. The van der Waals surface area contributed by atoms with E-state index in [0.717, 1.165) is 17.0 Å². The molecule has 1 N–H and O–H groups in total. The van der Waals surface area contributed by atoms with Crippen LogP contribution in [0, 0.1) is 0 Å². The lowest BCUT2D eigenvalue weighted by Crippen LogP contribution is -2.46. The molecule has 0 spiro atoms. The summed E-state index contributed by atoms with van der Waals surface area (Å²) in [6, 6.07) is 4.91. The van der Waals surface area contributed by atoms with Gasteiger partial charge in [0, 0.05) is 45.4 Å². The Morgan fingerprint density at radius 1 is 1.38 bits per heavy atom. The van der Waals surface area contributed by atoms with Crippen molar-refractivity contribution in [3.8, 4) is 0 Å². The summed E-state index contributed by atoms with van der Waals surface area (Å²) >= 11 is 4.34. The number of hydrogen-bond donors (Lipinski definition) is 1. The predicted octanol–water partition coefficient (Wildman–Crippen LogP) is 3.72. The van der Waals surface area contributed by atoms with Gasteiger partial charge in [0.2, 0.25) is 0 Å². The first-order valence-corrected chi connectivity index (χ1v) is 10.1. The van der Waals surface area contributed by atoms with Gasteiger partial charge >= 0.3 is 0 Å². The number of rotatable bonds is 4. The number of thioether (sulfide) groups is 2. The van der Waals surface area contributed by atoms with Crippen molar-refractivity contribution in [1.29, 1.82) is 0 Å². The summed E-state index contributed by atoms with van der Waals surface area (Å²) in [5.74, 6) is 1.87. The highest BCUT2D eigenvalue weighted by molar-refractivity contribution is 8.07. The third kappa shape index (κ3) is 3.27. The van der Waals surface area contributed by atoms with Crippen molar-refractivity contribution in [3.05, 3.63) is 29.6 Å². The number of likely N-dealkylation sites (N-methyl/N-ethyl adjacent to an activating group) is 1. The van der Waals surface area contributed by atoms with Crippen molar-refractivity contribution in [2.75, 3.05) is 12.3 Å². The van der Waals surface area contributed by atoms with Crippen molar-refractivity contribution < 1.29 is 0 Å². The summed E-state index contributed by atoms with van der Waals surface area (Å²) in [4.78, 5) is 4.72. The Kier molecular flexibility index (Phi) is 5.18. The zero-order valence-corrected chi connectivity index (χ0v) is 14.8. The molecule has 5 unspecified atom stereocenters. The minimum atomic E-state index is 0.568. The van der Waals surface area contributed by atoms with E-state index in [1.54, 1.807) is 0 Å². The van der Waals surface area contributed by atoms with Gasteiger partial charge in [-0.15, -0.1) is 0 Å². The van der Waals surface area contributed by atoms with Crippen LogP contribution in [-0.2, 0) is 6.42 Å². The first-order chi connectivity index (χ1) is 10.2. The van der Waals surface area contributed by atoms with E-state index < -0.39 is 0 Å². The molecule has 116 valence electrons. The molecule has 2 aliphatic rings. The third-order valence-corrected chi connectivity index (χ3v) is 8.37. The summed E-state index contributed by atoms with van der Waals surface area (Å²) in [7, 11) is 0.